The Balaban J connectivity index is 1.83. The van der Waals surface area contributed by atoms with Gasteiger partial charge in [0, 0.05) is 12.7 Å². The molecular formula is C21H25F3N2O2. The Morgan fingerprint density at radius 1 is 1.07 bits per heavy atom. The van der Waals surface area contributed by atoms with Gasteiger partial charge in [-0.15, -0.1) is 13.2 Å². The quantitative estimate of drug-likeness (QED) is 0.735. The molecule has 28 heavy (non-hydrogen) atoms. The van der Waals surface area contributed by atoms with Gasteiger partial charge in [0.15, 0.2) is 0 Å². The van der Waals surface area contributed by atoms with Gasteiger partial charge in [0.2, 0.25) is 0 Å². The normalized spacial score (nSPS) is 16.6. The number of alkyl halides is 3. The molecule has 0 aromatic heterocycles. The topological polar surface area (TPSA) is 44.7 Å². The number of anilines is 1. The van der Waals surface area contributed by atoms with Crippen molar-refractivity contribution in [1.82, 2.24) is 5.32 Å². The van der Waals surface area contributed by atoms with Crippen LogP contribution < -0.4 is 15.0 Å². The Labute approximate surface area is 162 Å². The second-order valence-corrected chi connectivity index (χ2v) is 7.19. The molecule has 1 heterocycles. The van der Waals surface area contributed by atoms with Crippen molar-refractivity contribution in [3.05, 3.63) is 54.1 Å². The predicted octanol–water partition coefficient (Wildman–Crippen LogP) is 4.86. The SMILES string of the molecule is CN(c1ccc(O)cc1)C(CC1CCNCC1)c1ccc(OC(F)(F)F)cc1. The molecule has 0 spiro atoms. The van der Waals surface area contributed by atoms with E-state index in [9.17, 15) is 18.3 Å². The fraction of sp³-hybridized carbons (Fsp3) is 0.429. The molecule has 0 aliphatic carbocycles. The lowest BCUT2D eigenvalue weighted by Crippen LogP contribution is -2.32. The molecule has 1 fully saturated rings. The van der Waals surface area contributed by atoms with Crippen molar-refractivity contribution in [2.24, 2.45) is 5.92 Å². The zero-order valence-corrected chi connectivity index (χ0v) is 15.7. The summed E-state index contributed by atoms with van der Waals surface area (Å²) in [7, 11) is 1.97. The second-order valence-electron chi connectivity index (χ2n) is 7.19. The van der Waals surface area contributed by atoms with Crippen molar-refractivity contribution in [1.29, 1.82) is 0 Å². The number of hydrogen-bond donors (Lipinski definition) is 2. The first-order chi connectivity index (χ1) is 13.3. The number of phenolic OH excluding ortho intramolecular Hbond substituents is 1. The van der Waals surface area contributed by atoms with Gasteiger partial charge in [-0.2, -0.15) is 0 Å². The highest BCUT2D eigenvalue weighted by Crippen LogP contribution is 2.35. The molecule has 0 radical (unpaired) electrons. The molecule has 2 aromatic carbocycles. The van der Waals surface area contributed by atoms with Gasteiger partial charge in [-0.25, -0.2) is 0 Å². The number of benzene rings is 2. The molecule has 1 saturated heterocycles. The minimum Gasteiger partial charge on any atom is -0.508 e. The van der Waals surface area contributed by atoms with Crippen LogP contribution in [-0.2, 0) is 0 Å². The minimum atomic E-state index is -4.70. The Kier molecular flexibility index (Phi) is 6.34. The van der Waals surface area contributed by atoms with E-state index in [1.165, 1.54) is 12.1 Å². The molecule has 0 bridgehead atoms. The number of halogens is 3. The van der Waals surface area contributed by atoms with E-state index in [-0.39, 0.29) is 17.5 Å². The van der Waals surface area contributed by atoms with Crippen LogP contribution in [0.1, 0.15) is 30.9 Å². The van der Waals surface area contributed by atoms with Crippen molar-refractivity contribution in [3.8, 4) is 11.5 Å². The van der Waals surface area contributed by atoms with Crippen molar-refractivity contribution in [3.63, 3.8) is 0 Å². The molecule has 2 aromatic rings. The summed E-state index contributed by atoms with van der Waals surface area (Å²) in [5.41, 5.74) is 1.87. The van der Waals surface area contributed by atoms with Gasteiger partial charge < -0.3 is 20.1 Å². The molecule has 1 aliphatic rings. The molecule has 1 atom stereocenters. The molecule has 2 N–H and O–H groups in total. The van der Waals surface area contributed by atoms with Crippen LogP contribution in [-0.4, -0.2) is 31.6 Å². The molecule has 7 heteroatoms. The Hall–Kier alpha value is -2.41. The molecule has 0 amide bonds. The monoisotopic (exact) mass is 394 g/mol. The lowest BCUT2D eigenvalue weighted by Gasteiger charge is -2.35. The summed E-state index contributed by atoms with van der Waals surface area (Å²) in [4.78, 5) is 2.11. The summed E-state index contributed by atoms with van der Waals surface area (Å²) >= 11 is 0. The number of aromatic hydroxyl groups is 1. The molecule has 1 unspecified atom stereocenters. The molecule has 3 rings (SSSR count). The highest BCUT2D eigenvalue weighted by molar-refractivity contribution is 5.50. The summed E-state index contributed by atoms with van der Waals surface area (Å²) in [5.74, 6) is 0.516. The summed E-state index contributed by atoms with van der Waals surface area (Å²) < 4.78 is 41.3. The fourth-order valence-electron chi connectivity index (χ4n) is 3.71. The van der Waals surface area contributed by atoms with Crippen molar-refractivity contribution in [2.75, 3.05) is 25.0 Å². The Morgan fingerprint density at radius 2 is 1.68 bits per heavy atom. The summed E-state index contributed by atoms with van der Waals surface area (Å²) in [5, 5.41) is 12.9. The molecule has 1 aliphatic heterocycles. The maximum Gasteiger partial charge on any atom is 0.573 e. The van der Waals surface area contributed by atoms with Crippen molar-refractivity contribution in [2.45, 2.75) is 31.7 Å². The standard InChI is InChI=1S/C21H25F3N2O2/c1-26(17-4-6-18(27)7-5-17)20(14-15-10-12-25-13-11-15)16-2-8-19(9-3-16)28-21(22,23)24/h2-9,15,20,25,27H,10-14H2,1H3. The molecule has 0 saturated carbocycles. The number of piperidine rings is 1. The van der Waals surface area contributed by atoms with Gasteiger partial charge in [-0.1, -0.05) is 12.1 Å². The van der Waals surface area contributed by atoms with Gasteiger partial charge >= 0.3 is 6.36 Å². The number of phenols is 1. The van der Waals surface area contributed by atoms with Crippen LogP contribution in [0.5, 0.6) is 11.5 Å². The molecular weight excluding hydrogens is 369 g/mol. The third-order valence-electron chi connectivity index (χ3n) is 5.24. The Bertz CT molecular complexity index is 742. The van der Waals surface area contributed by atoms with E-state index in [2.05, 4.69) is 15.0 Å². The number of rotatable bonds is 6. The first-order valence-corrected chi connectivity index (χ1v) is 9.40. The smallest absolute Gasteiger partial charge is 0.508 e. The van der Waals surface area contributed by atoms with E-state index in [1.807, 2.05) is 19.2 Å². The van der Waals surface area contributed by atoms with Crippen LogP contribution in [0.3, 0.4) is 0 Å². The average molecular weight is 394 g/mol. The van der Waals surface area contributed by atoms with Crippen LogP contribution in [0.4, 0.5) is 18.9 Å². The van der Waals surface area contributed by atoms with Crippen LogP contribution in [0, 0.1) is 5.92 Å². The second kappa shape index (κ2) is 8.73. The van der Waals surface area contributed by atoms with E-state index >= 15 is 0 Å². The average Bonchev–Trinajstić information content (AvgIpc) is 2.67. The van der Waals surface area contributed by atoms with Crippen molar-refractivity contribution < 1.29 is 23.0 Å². The maximum atomic E-state index is 12.4. The van der Waals surface area contributed by atoms with Crippen LogP contribution in [0.15, 0.2) is 48.5 Å². The van der Waals surface area contributed by atoms with Gasteiger partial charge in [0.05, 0.1) is 6.04 Å². The largest absolute Gasteiger partial charge is 0.573 e. The van der Waals surface area contributed by atoms with E-state index in [0.717, 1.165) is 43.6 Å². The van der Waals surface area contributed by atoms with Gasteiger partial charge in [0.25, 0.3) is 0 Å². The predicted molar refractivity (Wildman–Crippen MR) is 103 cm³/mol. The summed E-state index contributed by atoms with van der Waals surface area (Å²) in [6.45, 7) is 1.97. The van der Waals surface area contributed by atoms with Gasteiger partial charge in [0.1, 0.15) is 11.5 Å². The van der Waals surface area contributed by atoms with Gasteiger partial charge in [-0.05, 0) is 80.2 Å². The van der Waals surface area contributed by atoms with Crippen LogP contribution >= 0.6 is 0 Å². The zero-order valence-electron chi connectivity index (χ0n) is 15.7. The fourth-order valence-corrected chi connectivity index (χ4v) is 3.71. The number of nitrogens with one attached hydrogen (secondary N) is 1. The zero-order chi connectivity index (χ0) is 20.1. The lowest BCUT2D eigenvalue weighted by molar-refractivity contribution is -0.274. The van der Waals surface area contributed by atoms with Crippen molar-refractivity contribution >= 4 is 5.69 Å². The van der Waals surface area contributed by atoms with E-state index in [0.29, 0.717) is 5.92 Å². The molecule has 4 nitrogen and oxygen atoms in total. The third kappa shape index (κ3) is 5.55. The summed E-state index contributed by atoms with van der Waals surface area (Å²) in [6.07, 6.45) is -1.64. The van der Waals surface area contributed by atoms with E-state index in [4.69, 9.17) is 0 Å². The highest BCUT2D eigenvalue weighted by Gasteiger charge is 2.31. The lowest BCUT2D eigenvalue weighted by atomic mass is 9.87. The first kappa shape index (κ1) is 20.3. The highest BCUT2D eigenvalue weighted by atomic mass is 19.4. The van der Waals surface area contributed by atoms with E-state index in [1.54, 1.807) is 24.3 Å². The Morgan fingerprint density at radius 3 is 2.25 bits per heavy atom. The van der Waals surface area contributed by atoms with Crippen LogP contribution in [0.2, 0.25) is 0 Å². The first-order valence-electron chi connectivity index (χ1n) is 9.40. The summed E-state index contributed by atoms with van der Waals surface area (Å²) in [6, 6.07) is 13.1. The molecule has 152 valence electrons. The number of ether oxygens (including phenoxy) is 1. The number of hydrogen-bond acceptors (Lipinski definition) is 4. The van der Waals surface area contributed by atoms with Gasteiger partial charge in [-0.3, -0.25) is 0 Å². The number of nitrogens with zero attached hydrogens (tertiary/aromatic N) is 1. The third-order valence-corrected chi connectivity index (χ3v) is 5.24. The van der Waals surface area contributed by atoms with E-state index < -0.39 is 6.36 Å². The minimum absolute atomic E-state index is 0.00702. The van der Waals surface area contributed by atoms with Crippen LogP contribution in [0.25, 0.3) is 0 Å². The maximum absolute atomic E-state index is 12.4.